The van der Waals surface area contributed by atoms with Crippen LogP contribution in [0, 0.1) is 18.0 Å². The maximum atomic E-state index is 14.3. The summed E-state index contributed by atoms with van der Waals surface area (Å²) in [6.07, 6.45) is 4.03. The molecule has 0 saturated heterocycles. The predicted octanol–water partition coefficient (Wildman–Crippen LogP) is 7.50. The number of nitrogens with zero attached hydrogens (tertiary/aromatic N) is 2. The quantitative estimate of drug-likeness (QED) is 0.0864. The zero-order valence-electron chi connectivity index (χ0n) is 29.2. The van der Waals surface area contributed by atoms with Crippen molar-refractivity contribution in [2.24, 2.45) is 5.92 Å². The Morgan fingerprint density at radius 2 is 1.66 bits per heavy atom. The molecule has 0 bridgehead atoms. The molecule has 1 aromatic heterocycles. The van der Waals surface area contributed by atoms with E-state index in [1.54, 1.807) is 46.1 Å². The molecule has 1 fully saturated rings. The number of rotatable bonds is 17. The van der Waals surface area contributed by atoms with Gasteiger partial charge < -0.3 is 34.4 Å². The lowest BCUT2D eigenvalue weighted by Gasteiger charge is -2.29. The van der Waals surface area contributed by atoms with E-state index in [1.807, 2.05) is 36.1 Å². The first kappa shape index (κ1) is 39.3. The number of carbonyl (C=O) groups is 2. The summed E-state index contributed by atoms with van der Waals surface area (Å²) in [5.41, 5.74) is 2.40. The van der Waals surface area contributed by atoms with E-state index in [-0.39, 0.29) is 38.3 Å². The van der Waals surface area contributed by atoms with Gasteiger partial charge in [-0.1, -0.05) is 46.9 Å². The van der Waals surface area contributed by atoms with Crippen LogP contribution in [0.1, 0.15) is 62.4 Å². The van der Waals surface area contributed by atoms with Crippen LogP contribution < -0.4 is 19.5 Å². The number of ether oxygens (including phenoxy) is 4. The second kappa shape index (κ2) is 18.2. The van der Waals surface area contributed by atoms with Crippen LogP contribution >= 0.6 is 34.8 Å². The van der Waals surface area contributed by atoms with Gasteiger partial charge in [0.1, 0.15) is 29.6 Å². The Balaban J connectivity index is 1.45. The number of pyridine rings is 1. The lowest BCUT2D eigenvalue weighted by molar-refractivity contribution is -0.614. The first-order chi connectivity index (χ1) is 23.7. The van der Waals surface area contributed by atoms with Crippen molar-refractivity contribution in [3.8, 4) is 11.5 Å². The molecule has 1 aliphatic rings. The highest BCUT2D eigenvalue weighted by Crippen LogP contribution is 2.34. The Bertz CT molecular complexity index is 1590. The van der Waals surface area contributed by atoms with Crippen molar-refractivity contribution >= 4 is 46.8 Å². The molecule has 272 valence electrons. The van der Waals surface area contributed by atoms with E-state index >= 15 is 0 Å². The molecule has 1 unspecified atom stereocenters. The lowest BCUT2D eigenvalue weighted by atomic mass is 9.97. The Hall–Kier alpha value is -3.44. The number of hydrogen-bond donors (Lipinski definition) is 1. The number of aromatic nitrogens is 1. The van der Waals surface area contributed by atoms with Crippen LogP contribution in [0.25, 0.3) is 0 Å². The van der Waals surface area contributed by atoms with Gasteiger partial charge in [0, 0.05) is 50.9 Å². The Morgan fingerprint density at radius 3 is 2.28 bits per heavy atom. The number of alkyl carbamates (subject to hydrolysis) is 1. The van der Waals surface area contributed by atoms with E-state index in [4.69, 9.17) is 53.8 Å². The summed E-state index contributed by atoms with van der Waals surface area (Å²) in [5.74, 6) is 0.328. The van der Waals surface area contributed by atoms with Crippen molar-refractivity contribution in [2.45, 2.75) is 78.0 Å². The molecule has 3 aromatic rings. The van der Waals surface area contributed by atoms with Gasteiger partial charge in [0.25, 0.3) is 0 Å². The normalized spacial score (nSPS) is 13.4. The Kier molecular flexibility index (Phi) is 14.3. The molecule has 0 spiro atoms. The number of methoxy groups -OCH3 is 1. The monoisotopic (exact) mass is 749 g/mol. The molecule has 13 heteroatoms. The molecule has 1 heterocycles. The van der Waals surface area contributed by atoms with Crippen LogP contribution in [0.3, 0.4) is 0 Å². The molecule has 1 aliphatic carbocycles. The van der Waals surface area contributed by atoms with Crippen LogP contribution in [-0.4, -0.2) is 62.0 Å². The average molecular weight is 751 g/mol. The molecule has 1 N–H and O–H groups in total. The molecule has 50 heavy (non-hydrogen) atoms. The number of halogens is 3. The van der Waals surface area contributed by atoms with E-state index in [2.05, 4.69) is 5.32 Å². The highest BCUT2D eigenvalue weighted by Gasteiger charge is 2.37. The van der Waals surface area contributed by atoms with Gasteiger partial charge in [-0.3, -0.25) is 4.79 Å². The van der Waals surface area contributed by atoms with Gasteiger partial charge in [-0.05, 0) is 88.8 Å². The maximum absolute atomic E-state index is 14.3. The molecule has 0 aliphatic heterocycles. The summed E-state index contributed by atoms with van der Waals surface area (Å²) in [6, 6.07) is 12.8. The molecule has 10 nitrogen and oxygen atoms in total. The van der Waals surface area contributed by atoms with Gasteiger partial charge in [0.2, 0.25) is 5.91 Å². The Morgan fingerprint density at radius 1 is 1.00 bits per heavy atom. The predicted molar refractivity (Wildman–Crippen MR) is 194 cm³/mol. The number of aryl methyl sites for hydroxylation is 2. The minimum atomic E-state index is -0.688. The van der Waals surface area contributed by atoms with Gasteiger partial charge in [-0.15, -0.1) is 0 Å². The van der Waals surface area contributed by atoms with Crippen molar-refractivity contribution in [1.82, 2.24) is 10.2 Å². The fraction of sp³-hybridized carbons (Fsp3) is 0.486. The van der Waals surface area contributed by atoms with Gasteiger partial charge in [-0.25, -0.2) is 4.79 Å². The number of carbonyl (C=O) groups excluding carboxylic acids is 2. The molecule has 2 amide bonds. The highest BCUT2D eigenvalue weighted by atomic mass is 35.5. The third kappa shape index (κ3) is 12.1. The molecule has 1 atom stereocenters. The molecular formula is C37H46Cl3N3O7. The maximum Gasteiger partial charge on any atom is 0.407 e. The number of amides is 2. The minimum Gasteiger partial charge on any atom is -0.618 e. The largest absolute Gasteiger partial charge is 0.618 e. The second-order valence-electron chi connectivity index (χ2n) is 13.4. The Labute approximate surface area is 309 Å². The van der Waals surface area contributed by atoms with Gasteiger partial charge in [-0.2, -0.15) is 4.73 Å². The highest BCUT2D eigenvalue weighted by molar-refractivity contribution is 6.37. The first-order valence-electron chi connectivity index (χ1n) is 16.7. The number of hydrogen-bond acceptors (Lipinski definition) is 7. The van der Waals surface area contributed by atoms with Crippen LogP contribution in [0.4, 0.5) is 4.79 Å². The topological polar surface area (TPSA) is 113 Å². The van der Waals surface area contributed by atoms with Crippen molar-refractivity contribution in [1.29, 1.82) is 0 Å². The number of nitrogens with one attached hydrogen (secondary N) is 1. The van der Waals surface area contributed by atoms with Crippen molar-refractivity contribution < 1.29 is 33.3 Å². The minimum absolute atomic E-state index is 0.0433. The van der Waals surface area contributed by atoms with Crippen molar-refractivity contribution in [3.63, 3.8) is 0 Å². The van der Waals surface area contributed by atoms with Crippen molar-refractivity contribution in [2.75, 3.05) is 33.5 Å². The van der Waals surface area contributed by atoms with E-state index in [9.17, 15) is 14.8 Å². The zero-order chi connectivity index (χ0) is 36.4. The van der Waals surface area contributed by atoms with Crippen LogP contribution in [0.5, 0.6) is 11.5 Å². The standard InChI is InChI=1S/C37H46Cl3N3O7/c1-24-17-31(38)34(32(39)18-24)49-16-15-48-30-12-8-25(9-13-30)19-26(21-41-36(45)50-37(2,3)4)35(44)42(28-10-11-28)22-27-20-29(7-6-14-47-5)43(46)23-33(27)40/h8-9,12-13,17-18,20,23,26,28H,6-7,10-11,14-16,19,21-22H2,1-5H3,(H,41,45). The van der Waals surface area contributed by atoms with Crippen molar-refractivity contribution in [3.05, 3.63) is 91.3 Å². The van der Waals surface area contributed by atoms with Crippen LogP contribution in [0.2, 0.25) is 15.1 Å². The molecule has 4 rings (SSSR count). The van der Waals surface area contributed by atoms with Crippen LogP contribution in [0.15, 0.2) is 48.7 Å². The third-order valence-electron chi connectivity index (χ3n) is 7.94. The number of benzene rings is 2. The zero-order valence-corrected chi connectivity index (χ0v) is 31.5. The van der Waals surface area contributed by atoms with Crippen LogP contribution in [-0.2, 0) is 33.7 Å². The second-order valence-corrected chi connectivity index (χ2v) is 14.7. The summed E-state index contributed by atoms with van der Waals surface area (Å²) in [7, 11) is 1.62. The third-order valence-corrected chi connectivity index (χ3v) is 8.84. The van der Waals surface area contributed by atoms with Gasteiger partial charge in [0.05, 0.1) is 16.0 Å². The molecule has 0 radical (unpaired) electrons. The van der Waals surface area contributed by atoms with Gasteiger partial charge in [0.15, 0.2) is 17.6 Å². The summed E-state index contributed by atoms with van der Waals surface area (Å²) in [5, 5.41) is 16.5. The van der Waals surface area contributed by atoms with E-state index in [1.165, 1.54) is 6.20 Å². The molecule has 1 saturated carbocycles. The molecule has 2 aromatic carbocycles. The lowest BCUT2D eigenvalue weighted by Crippen LogP contribution is -2.44. The fourth-order valence-corrected chi connectivity index (χ4v) is 6.30. The summed E-state index contributed by atoms with van der Waals surface area (Å²) >= 11 is 19.1. The fourth-order valence-electron chi connectivity index (χ4n) is 5.40. The van der Waals surface area contributed by atoms with E-state index < -0.39 is 17.6 Å². The average Bonchev–Trinajstić information content (AvgIpc) is 3.88. The SMILES string of the molecule is COCCCc1cc(CN(C(=O)C(CNC(=O)OC(C)(C)C)Cc2ccc(OCCOc3c(Cl)cc(C)cc3Cl)cc2)C2CC2)c(Cl)c[n+]1[O-]. The smallest absolute Gasteiger partial charge is 0.407 e. The summed E-state index contributed by atoms with van der Waals surface area (Å²) < 4.78 is 23.0. The summed E-state index contributed by atoms with van der Waals surface area (Å²) in [4.78, 5) is 28.7. The van der Waals surface area contributed by atoms with E-state index in [0.717, 1.165) is 28.7 Å². The van der Waals surface area contributed by atoms with E-state index in [0.29, 0.717) is 63.7 Å². The van der Waals surface area contributed by atoms with Gasteiger partial charge >= 0.3 is 6.09 Å². The molecular weight excluding hydrogens is 705 g/mol. The summed E-state index contributed by atoms with van der Waals surface area (Å²) in [6.45, 7) is 8.60. The first-order valence-corrected chi connectivity index (χ1v) is 17.8.